The van der Waals surface area contributed by atoms with Crippen molar-refractivity contribution in [3.05, 3.63) is 23.8 Å². The van der Waals surface area contributed by atoms with Gasteiger partial charge in [0.15, 0.2) is 11.5 Å². The number of nitrogens with one attached hydrogen (secondary N) is 1. The zero-order valence-electron chi connectivity index (χ0n) is 11.3. The van der Waals surface area contributed by atoms with E-state index in [4.69, 9.17) is 4.74 Å². The van der Waals surface area contributed by atoms with Crippen molar-refractivity contribution in [2.45, 2.75) is 6.92 Å². The van der Waals surface area contributed by atoms with Gasteiger partial charge in [-0.1, -0.05) is 0 Å². The molecule has 0 radical (unpaired) electrons. The highest BCUT2D eigenvalue weighted by Crippen LogP contribution is 2.26. The summed E-state index contributed by atoms with van der Waals surface area (Å²) < 4.78 is 4.90. The lowest BCUT2D eigenvalue weighted by Crippen LogP contribution is -2.38. The zero-order valence-corrected chi connectivity index (χ0v) is 11.3. The summed E-state index contributed by atoms with van der Waals surface area (Å²) in [6.07, 6.45) is 0. The van der Waals surface area contributed by atoms with E-state index in [0.717, 1.165) is 0 Å². The molecule has 1 aromatic rings. The van der Waals surface area contributed by atoms with Crippen molar-refractivity contribution in [1.29, 1.82) is 0 Å². The topological polar surface area (TPSA) is 78.9 Å². The lowest BCUT2D eigenvalue weighted by molar-refractivity contribution is -0.121. The Morgan fingerprint density at radius 1 is 1.42 bits per heavy atom. The molecule has 1 rings (SSSR count). The molecule has 2 N–H and O–H groups in total. The summed E-state index contributed by atoms with van der Waals surface area (Å²) in [5.41, 5.74) is 0.296. The van der Waals surface area contributed by atoms with Crippen LogP contribution in [0, 0.1) is 0 Å². The Morgan fingerprint density at radius 3 is 2.63 bits per heavy atom. The van der Waals surface area contributed by atoms with Crippen LogP contribution >= 0.6 is 0 Å². The first-order valence-corrected chi connectivity index (χ1v) is 5.88. The number of aromatic hydroxyl groups is 1. The number of methoxy groups -OCH3 is 1. The van der Waals surface area contributed by atoms with E-state index < -0.39 is 0 Å². The van der Waals surface area contributed by atoms with E-state index in [2.05, 4.69) is 5.32 Å². The molecule has 0 saturated carbocycles. The van der Waals surface area contributed by atoms with Crippen LogP contribution in [-0.4, -0.2) is 49.1 Å². The Hall–Kier alpha value is -2.24. The molecule has 0 unspecified atom stereocenters. The summed E-state index contributed by atoms with van der Waals surface area (Å²) in [5.74, 6) is -0.386. The van der Waals surface area contributed by atoms with Crippen molar-refractivity contribution in [2.75, 3.05) is 27.2 Å². The van der Waals surface area contributed by atoms with E-state index in [9.17, 15) is 14.7 Å². The Morgan fingerprint density at radius 2 is 2.11 bits per heavy atom. The molecule has 104 valence electrons. The maximum atomic E-state index is 12.0. The predicted molar refractivity (Wildman–Crippen MR) is 70.3 cm³/mol. The van der Waals surface area contributed by atoms with E-state index in [-0.39, 0.29) is 24.1 Å². The van der Waals surface area contributed by atoms with E-state index in [1.165, 1.54) is 37.3 Å². The van der Waals surface area contributed by atoms with Gasteiger partial charge in [0.2, 0.25) is 5.91 Å². The number of amides is 2. The number of rotatable bonds is 5. The van der Waals surface area contributed by atoms with E-state index in [1.807, 2.05) is 0 Å². The number of nitrogens with zero attached hydrogens (tertiary/aromatic N) is 1. The lowest BCUT2D eigenvalue weighted by Gasteiger charge is -2.17. The molecule has 19 heavy (non-hydrogen) atoms. The van der Waals surface area contributed by atoms with Gasteiger partial charge in [0, 0.05) is 19.2 Å². The van der Waals surface area contributed by atoms with Gasteiger partial charge in [-0.15, -0.1) is 0 Å². The lowest BCUT2D eigenvalue weighted by atomic mass is 10.2. The molecule has 0 aliphatic heterocycles. The second-order valence-corrected chi connectivity index (χ2v) is 4.00. The molecule has 0 aliphatic rings. The van der Waals surface area contributed by atoms with Gasteiger partial charge in [-0.3, -0.25) is 9.59 Å². The van der Waals surface area contributed by atoms with E-state index in [0.29, 0.717) is 17.9 Å². The summed E-state index contributed by atoms with van der Waals surface area (Å²) in [6.45, 7) is 2.30. The summed E-state index contributed by atoms with van der Waals surface area (Å²) in [5, 5.41) is 12.2. The fraction of sp³-hybridized carbons (Fsp3) is 0.385. The smallest absolute Gasteiger partial charge is 0.254 e. The quantitative estimate of drug-likeness (QED) is 0.818. The minimum Gasteiger partial charge on any atom is -0.504 e. The Bertz CT molecular complexity index is 474. The van der Waals surface area contributed by atoms with Gasteiger partial charge < -0.3 is 20.1 Å². The maximum Gasteiger partial charge on any atom is 0.254 e. The van der Waals surface area contributed by atoms with Crippen molar-refractivity contribution < 1.29 is 19.4 Å². The van der Waals surface area contributed by atoms with Crippen molar-refractivity contribution in [3.63, 3.8) is 0 Å². The van der Waals surface area contributed by atoms with Gasteiger partial charge in [0.1, 0.15) is 0 Å². The summed E-state index contributed by atoms with van der Waals surface area (Å²) >= 11 is 0. The number of phenols is 1. The van der Waals surface area contributed by atoms with Crippen LogP contribution in [0.25, 0.3) is 0 Å². The molecule has 1 aromatic carbocycles. The van der Waals surface area contributed by atoms with Crippen molar-refractivity contribution in [1.82, 2.24) is 10.2 Å². The van der Waals surface area contributed by atoms with Crippen LogP contribution in [0.1, 0.15) is 17.3 Å². The minimum absolute atomic E-state index is 0.0283. The van der Waals surface area contributed by atoms with Crippen LogP contribution in [-0.2, 0) is 4.79 Å². The molecular formula is C13H18N2O4. The van der Waals surface area contributed by atoms with Gasteiger partial charge in [-0.25, -0.2) is 0 Å². The molecule has 0 heterocycles. The third-order valence-electron chi connectivity index (χ3n) is 2.53. The molecule has 0 saturated heterocycles. The average Bonchev–Trinajstić information content (AvgIpc) is 2.37. The molecule has 2 amide bonds. The third kappa shape index (κ3) is 3.87. The molecule has 0 atom stereocenters. The average molecular weight is 266 g/mol. The number of phenolic OH excluding ortho intramolecular Hbond substituents is 1. The number of likely N-dealkylation sites (N-methyl/N-ethyl adjacent to an activating group) is 2. The second kappa shape index (κ2) is 6.63. The Labute approximate surface area is 112 Å². The molecule has 0 aromatic heterocycles. The van der Waals surface area contributed by atoms with Crippen LogP contribution in [0.2, 0.25) is 0 Å². The molecule has 0 bridgehead atoms. The highest BCUT2D eigenvalue weighted by molar-refractivity contribution is 5.96. The van der Waals surface area contributed by atoms with Crippen LogP contribution in [0.4, 0.5) is 0 Å². The number of ether oxygens (including phenoxy) is 1. The normalized spacial score (nSPS) is 9.84. The maximum absolute atomic E-state index is 12.0. The van der Waals surface area contributed by atoms with E-state index >= 15 is 0 Å². The molecule has 6 nitrogen and oxygen atoms in total. The van der Waals surface area contributed by atoms with Gasteiger partial charge >= 0.3 is 0 Å². The van der Waals surface area contributed by atoms with Gasteiger partial charge in [0.05, 0.1) is 13.7 Å². The zero-order chi connectivity index (χ0) is 14.4. The molecular weight excluding hydrogens is 248 g/mol. The van der Waals surface area contributed by atoms with Crippen molar-refractivity contribution in [2.24, 2.45) is 0 Å². The Kier molecular flexibility index (Phi) is 5.17. The summed E-state index contributed by atoms with van der Waals surface area (Å²) in [4.78, 5) is 24.7. The van der Waals surface area contributed by atoms with Gasteiger partial charge in [-0.05, 0) is 25.1 Å². The van der Waals surface area contributed by atoms with Crippen LogP contribution in [0.15, 0.2) is 18.2 Å². The monoisotopic (exact) mass is 266 g/mol. The van der Waals surface area contributed by atoms with Crippen LogP contribution < -0.4 is 10.1 Å². The van der Waals surface area contributed by atoms with Crippen molar-refractivity contribution >= 4 is 11.8 Å². The number of hydrogen-bond donors (Lipinski definition) is 2. The SMILES string of the molecule is CCNC(=O)CN(C)C(=O)c1ccc(OC)c(O)c1. The van der Waals surface area contributed by atoms with Crippen molar-refractivity contribution in [3.8, 4) is 11.5 Å². The highest BCUT2D eigenvalue weighted by atomic mass is 16.5. The standard InChI is InChI=1S/C13H18N2O4/c1-4-14-12(17)8-15(2)13(18)9-5-6-11(19-3)10(16)7-9/h5-7,16H,4,8H2,1-3H3,(H,14,17). The molecule has 0 aliphatic carbocycles. The first-order valence-electron chi connectivity index (χ1n) is 5.88. The molecule has 0 fully saturated rings. The number of carbonyl (C=O) groups excluding carboxylic acids is 2. The summed E-state index contributed by atoms with van der Waals surface area (Å²) in [6, 6.07) is 4.35. The number of hydrogen-bond acceptors (Lipinski definition) is 4. The minimum atomic E-state index is -0.343. The van der Waals surface area contributed by atoms with Gasteiger partial charge in [0.25, 0.3) is 5.91 Å². The molecule has 0 spiro atoms. The van der Waals surface area contributed by atoms with E-state index in [1.54, 1.807) is 6.92 Å². The highest BCUT2D eigenvalue weighted by Gasteiger charge is 2.16. The van der Waals surface area contributed by atoms with Crippen LogP contribution in [0.5, 0.6) is 11.5 Å². The Balaban J connectivity index is 2.77. The first kappa shape index (κ1) is 14.8. The number of benzene rings is 1. The predicted octanol–water partition coefficient (Wildman–Crippen LogP) is 0.609. The first-order chi connectivity index (χ1) is 8.99. The largest absolute Gasteiger partial charge is 0.504 e. The third-order valence-corrected chi connectivity index (χ3v) is 2.53. The fourth-order valence-electron chi connectivity index (χ4n) is 1.58. The fourth-order valence-corrected chi connectivity index (χ4v) is 1.58. The second-order valence-electron chi connectivity index (χ2n) is 4.00. The van der Waals surface area contributed by atoms with Crippen LogP contribution in [0.3, 0.4) is 0 Å². The summed E-state index contributed by atoms with van der Waals surface area (Å²) in [7, 11) is 2.95. The molecule has 6 heteroatoms. The number of carbonyl (C=O) groups is 2. The van der Waals surface area contributed by atoms with Gasteiger partial charge in [-0.2, -0.15) is 0 Å².